The third kappa shape index (κ3) is 2.52. The minimum atomic E-state index is 0.753. The van der Waals surface area contributed by atoms with Crippen LogP contribution in [0.1, 0.15) is 12.5 Å². The highest BCUT2D eigenvalue weighted by Gasteiger charge is 2.14. The van der Waals surface area contributed by atoms with Crippen LogP contribution in [0.4, 0.5) is 11.5 Å². The fourth-order valence-corrected chi connectivity index (χ4v) is 2.45. The lowest BCUT2D eigenvalue weighted by Crippen LogP contribution is -2.23. The van der Waals surface area contributed by atoms with E-state index in [0.29, 0.717) is 0 Å². The van der Waals surface area contributed by atoms with Crippen molar-refractivity contribution in [2.75, 3.05) is 17.2 Å². The van der Waals surface area contributed by atoms with Gasteiger partial charge in [0.05, 0.1) is 11.6 Å². The summed E-state index contributed by atoms with van der Waals surface area (Å²) < 4.78 is 1.76. The lowest BCUT2D eigenvalue weighted by Gasteiger charge is -2.22. The highest BCUT2D eigenvalue weighted by Crippen LogP contribution is 2.23. The number of rotatable bonds is 4. The van der Waals surface area contributed by atoms with E-state index in [-0.39, 0.29) is 0 Å². The molecule has 3 rings (SSSR count). The number of hydrogen-bond donors (Lipinski definition) is 1. The number of nitrogens with zero attached hydrogens (tertiary/aromatic N) is 5. The van der Waals surface area contributed by atoms with Crippen molar-refractivity contribution in [1.29, 1.82) is 0 Å². The molecule has 0 aliphatic heterocycles. The summed E-state index contributed by atoms with van der Waals surface area (Å²) in [7, 11) is 1.88. The predicted octanol–water partition coefficient (Wildman–Crippen LogP) is 1.97. The summed E-state index contributed by atoms with van der Waals surface area (Å²) >= 11 is 0. The van der Waals surface area contributed by atoms with Gasteiger partial charge in [0.2, 0.25) is 0 Å². The van der Waals surface area contributed by atoms with Gasteiger partial charge in [-0.25, -0.2) is 9.97 Å². The van der Waals surface area contributed by atoms with Gasteiger partial charge >= 0.3 is 0 Å². The van der Waals surface area contributed by atoms with Gasteiger partial charge in [-0.15, -0.1) is 0 Å². The van der Waals surface area contributed by atoms with Gasteiger partial charge < -0.3 is 10.6 Å². The van der Waals surface area contributed by atoms with Gasteiger partial charge in [0.25, 0.3) is 0 Å². The normalized spacial score (nSPS) is 11.0. The SMILES string of the molecule is CCN(Cc1cccc(N)c1)c1ncnc2c1cnn2C. The Morgan fingerprint density at radius 1 is 1.29 bits per heavy atom. The van der Waals surface area contributed by atoms with E-state index in [1.54, 1.807) is 11.0 Å². The van der Waals surface area contributed by atoms with Crippen LogP contribution < -0.4 is 10.6 Å². The molecule has 0 amide bonds. The Kier molecular flexibility index (Phi) is 3.43. The minimum absolute atomic E-state index is 0.753. The van der Waals surface area contributed by atoms with Crippen molar-refractivity contribution in [2.24, 2.45) is 7.05 Å². The average Bonchev–Trinajstić information content (AvgIpc) is 2.87. The Labute approximate surface area is 123 Å². The van der Waals surface area contributed by atoms with Crippen molar-refractivity contribution in [3.63, 3.8) is 0 Å². The number of anilines is 2. The lowest BCUT2D eigenvalue weighted by molar-refractivity contribution is 0.783. The number of nitrogen functional groups attached to an aromatic ring is 1. The molecule has 2 aromatic heterocycles. The van der Waals surface area contributed by atoms with E-state index in [1.165, 1.54) is 0 Å². The minimum Gasteiger partial charge on any atom is -0.399 e. The van der Waals surface area contributed by atoms with Crippen molar-refractivity contribution < 1.29 is 0 Å². The summed E-state index contributed by atoms with van der Waals surface area (Å²) in [5, 5.41) is 5.23. The Morgan fingerprint density at radius 2 is 2.14 bits per heavy atom. The van der Waals surface area contributed by atoms with Crippen LogP contribution in [0, 0.1) is 0 Å². The van der Waals surface area contributed by atoms with Gasteiger partial charge in [0, 0.05) is 25.8 Å². The van der Waals surface area contributed by atoms with Crippen molar-refractivity contribution in [2.45, 2.75) is 13.5 Å². The van der Waals surface area contributed by atoms with Crippen molar-refractivity contribution >= 4 is 22.5 Å². The van der Waals surface area contributed by atoms with Crippen LogP contribution in [0.5, 0.6) is 0 Å². The molecule has 0 saturated heterocycles. The van der Waals surface area contributed by atoms with Crippen molar-refractivity contribution in [3.8, 4) is 0 Å². The number of fused-ring (bicyclic) bond motifs is 1. The molecule has 2 heterocycles. The fraction of sp³-hybridized carbons (Fsp3) is 0.267. The topological polar surface area (TPSA) is 72.9 Å². The maximum atomic E-state index is 5.85. The zero-order valence-electron chi connectivity index (χ0n) is 12.2. The van der Waals surface area contributed by atoms with E-state index >= 15 is 0 Å². The quantitative estimate of drug-likeness (QED) is 0.741. The van der Waals surface area contributed by atoms with E-state index in [2.05, 4.69) is 33.0 Å². The zero-order valence-corrected chi connectivity index (χ0v) is 12.2. The van der Waals surface area contributed by atoms with Gasteiger partial charge in [-0.05, 0) is 24.6 Å². The van der Waals surface area contributed by atoms with E-state index in [9.17, 15) is 0 Å². The first-order valence-electron chi connectivity index (χ1n) is 6.91. The molecule has 0 atom stereocenters. The van der Waals surface area contributed by atoms with E-state index in [0.717, 1.165) is 41.2 Å². The molecular weight excluding hydrogens is 264 g/mol. The van der Waals surface area contributed by atoms with Crippen LogP contribution in [0.15, 0.2) is 36.8 Å². The lowest BCUT2D eigenvalue weighted by atomic mass is 10.2. The maximum absolute atomic E-state index is 5.85. The van der Waals surface area contributed by atoms with Gasteiger partial charge in [-0.3, -0.25) is 4.68 Å². The molecule has 0 bridgehead atoms. The molecule has 108 valence electrons. The van der Waals surface area contributed by atoms with Crippen molar-refractivity contribution in [3.05, 3.63) is 42.4 Å². The molecule has 0 aliphatic carbocycles. The maximum Gasteiger partial charge on any atom is 0.163 e. The Bertz CT molecular complexity index is 764. The summed E-state index contributed by atoms with van der Waals surface area (Å²) in [6.45, 7) is 3.70. The van der Waals surface area contributed by atoms with Gasteiger partial charge in [-0.1, -0.05) is 12.1 Å². The van der Waals surface area contributed by atoms with Crippen LogP contribution in [0.3, 0.4) is 0 Å². The highest BCUT2D eigenvalue weighted by atomic mass is 15.3. The molecule has 2 N–H and O–H groups in total. The molecule has 1 aromatic carbocycles. The number of aryl methyl sites for hydroxylation is 1. The van der Waals surface area contributed by atoms with Gasteiger partial charge in [-0.2, -0.15) is 5.10 Å². The van der Waals surface area contributed by atoms with E-state index in [4.69, 9.17) is 5.73 Å². The van der Waals surface area contributed by atoms with Gasteiger partial charge in [0.15, 0.2) is 5.65 Å². The fourth-order valence-electron chi connectivity index (χ4n) is 2.45. The molecule has 0 aliphatic rings. The molecular formula is C15H18N6. The largest absolute Gasteiger partial charge is 0.399 e. The smallest absolute Gasteiger partial charge is 0.163 e. The number of nitrogens with two attached hydrogens (primary N) is 1. The summed E-state index contributed by atoms with van der Waals surface area (Å²) in [6.07, 6.45) is 3.40. The standard InChI is InChI=1S/C15H18N6/c1-3-21(9-11-5-4-6-12(16)7-11)15-13-8-19-20(2)14(13)17-10-18-15/h4-8,10H,3,9,16H2,1-2H3. The van der Waals surface area contributed by atoms with Crippen LogP contribution in [0.25, 0.3) is 11.0 Å². The molecule has 3 aromatic rings. The van der Waals surface area contributed by atoms with Crippen LogP contribution >= 0.6 is 0 Å². The first-order chi connectivity index (χ1) is 10.2. The van der Waals surface area contributed by atoms with E-state index in [1.807, 2.05) is 31.4 Å². The molecule has 21 heavy (non-hydrogen) atoms. The first kappa shape index (κ1) is 13.4. The molecule has 0 unspecified atom stereocenters. The van der Waals surface area contributed by atoms with Crippen LogP contribution in [0.2, 0.25) is 0 Å². The summed E-state index contributed by atoms with van der Waals surface area (Å²) in [5.74, 6) is 0.901. The molecule has 0 radical (unpaired) electrons. The Hall–Kier alpha value is -2.63. The molecule has 0 fully saturated rings. The summed E-state index contributed by atoms with van der Waals surface area (Å²) in [6, 6.07) is 7.92. The van der Waals surface area contributed by atoms with E-state index < -0.39 is 0 Å². The Morgan fingerprint density at radius 3 is 2.90 bits per heavy atom. The van der Waals surface area contributed by atoms with Crippen molar-refractivity contribution in [1.82, 2.24) is 19.7 Å². The van der Waals surface area contributed by atoms with Crippen LogP contribution in [-0.2, 0) is 13.6 Å². The summed E-state index contributed by atoms with van der Waals surface area (Å²) in [5.41, 5.74) is 8.63. The Balaban J connectivity index is 1.98. The molecule has 0 saturated carbocycles. The molecule has 6 nitrogen and oxygen atoms in total. The number of hydrogen-bond acceptors (Lipinski definition) is 5. The summed E-state index contributed by atoms with van der Waals surface area (Å²) in [4.78, 5) is 10.9. The zero-order chi connectivity index (χ0) is 14.8. The second kappa shape index (κ2) is 5.40. The average molecular weight is 282 g/mol. The van der Waals surface area contributed by atoms with Gasteiger partial charge in [0.1, 0.15) is 12.1 Å². The second-order valence-corrected chi connectivity index (χ2v) is 4.96. The third-order valence-corrected chi connectivity index (χ3v) is 3.51. The monoisotopic (exact) mass is 282 g/mol. The predicted molar refractivity (Wildman–Crippen MR) is 83.9 cm³/mol. The molecule has 6 heteroatoms. The molecule has 0 spiro atoms. The number of aromatic nitrogens is 4. The second-order valence-electron chi connectivity index (χ2n) is 4.96. The first-order valence-corrected chi connectivity index (χ1v) is 6.91. The van der Waals surface area contributed by atoms with Crippen LogP contribution in [-0.4, -0.2) is 26.3 Å². The number of benzene rings is 1. The highest BCUT2D eigenvalue weighted by molar-refractivity contribution is 5.86. The third-order valence-electron chi connectivity index (χ3n) is 3.51.